The van der Waals surface area contributed by atoms with E-state index in [0.29, 0.717) is 5.69 Å². The van der Waals surface area contributed by atoms with Gasteiger partial charge in [0.25, 0.3) is 0 Å². The summed E-state index contributed by atoms with van der Waals surface area (Å²) in [5.74, 6) is -1.67. The number of hydrogen-bond acceptors (Lipinski definition) is 4. The number of aliphatic hydroxyl groups is 1. The van der Waals surface area contributed by atoms with Crippen molar-refractivity contribution in [1.29, 1.82) is 0 Å². The van der Waals surface area contributed by atoms with E-state index in [-0.39, 0.29) is 18.4 Å². The highest BCUT2D eigenvalue weighted by atomic mass is 127. The van der Waals surface area contributed by atoms with Crippen LogP contribution in [-0.4, -0.2) is 35.2 Å². The van der Waals surface area contributed by atoms with Gasteiger partial charge in [-0.2, -0.15) is 0 Å². The van der Waals surface area contributed by atoms with Crippen molar-refractivity contribution in [1.82, 2.24) is 0 Å². The summed E-state index contributed by atoms with van der Waals surface area (Å²) in [6.45, 7) is -0.291. The molecule has 4 rings (SSSR count). The molecule has 0 aromatic heterocycles. The first kappa shape index (κ1) is 13.4. The number of fused-ring (bicyclic) bond motifs is 5. The van der Waals surface area contributed by atoms with Gasteiger partial charge in [0.15, 0.2) is 0 Å². The second kappa shape index (κ2) is 4.37. The van der Waals surface area contributed by atoms with Crippen LogP contribution in [0.1, 0.15) is 0 Å². The van der Waals surface area contributed by atoms with E-state index in [4.69, 9.17) is 4.74 Å². The number of rotatable bonds is 2. The Bertz CT molecular complexity index is 671. The van der Waals surface area contributed by atoms with Crippen LogP contribution in [0, 0.1) is 15.4 Å². The van der Waals surface area contributed by atoms with Crippen LogP contribution >= 0.6 is 22.6 Å². The normalized spacial score (nSPS) is 36.7. The lowest BCUT2D eigenvalue weighted by Gasteiger charge is -2.26. The number of amides is 2. The van der Waals surface area contributed by atoms with Crippen molar-refractivity contribution >= 4 is 40.1 Å². The molecule has 5 nitrogen and oxygen atoms in total. The van der Waals surface area contributed by atoms with Gasteiger partial charge >= 0.3 is 0 Å². The van der Waals surface area contributed by atoms with Gasteiger partial charge in [0.05, 0.1) is 30.2 Å². The van der Waals surface area contributed by atoms with Crippen LogP contribution < -0.4 is 4.90 Å². The number of ether oxygens (including phenoxy) is 1. The maximum Gasteiger partial charge on any atom is 0.241 e. The van der Waals surface area contributed by atoms with E-state index in [1.807, 2.05) is 12.1 Å². The third-order valence-corrected chi connectivity index (χ3v) is 5.21. The highest BCUT2D eigenvalue weighted by Crippen LogP contribution is 2.52. The van der Waals surface area contributed by atoms with E-state index in [2.05, 4.69) is 22.6 Å². The molecule has 2 bridgehead atoms. The topological polar surface area (TPSA) is 66.8 Å². The van der Waals surface area contributed by atoms with Crippen molar-refractivity contribution in [3.05, 3.63) is 40.0 Å². The first-order chi connectivity index (χ1) is 10.1. The Labute approximate surface area is 134 Å². The summed E-state index contributed by atoms with van der Waals surface area (Å²) in [5.41, 5.74) is -0.452. The molecule has 6 heteroatoms. The summed E-state index contributed by atoms with van der Waals surface area (Å²) in [7, 11) is 0. The summed E-state index contributed by atoms with van der Waals surface area (Å²) in [6.07, 6.45) is 3.09. The maximum absolute atomic E-state index is 12.7. The molecule has 0 unspecified atom stereocenters. The summed E-state index contributed by atoms with van der Waals surface area (Å²) in [6, 6.07) is 7.24. The minimum absolute atomic E-state index is 0.240. The number of benzene rings is 1. The van der Waals surface area contributed by atoms with Crippen molar-refractivity contribution in [2.24, 2.45) is 11.8 Å². The van der Waals surface area contributed by atoms with Gasteiger partial charge < -0.3 is 9.84 Å². The Morgan fingerprint density at radius 1 is 1.24 bits per heavy atom. The zero-order valence-corrected chi connectivity index (χ0v) is 13.1. The van der Waals surface area contributed by atoms with Crippen LogP contribution in [0.5, 0.6) is 0 Å². The number of anilines is 1. The monoisotopic (exact) mass is 397 g/mol. The molecule has 4 atom stereocenters. The smallest absolute Gasteiger partial charge is 0.241 e. The molecule has 0 spiro atoms. The number of carbonyl (C=O) groups is 2. The highest BCUT2D eigenvalue weighted by molar-refractivity contribution is 14.1. The molecule has 1 aromatic rings. The van der Waals surface area contributed by atoms with Gasteiger partial charge in [-0.15, -0.1) is 0 Å². The van der Waals surface area contributed by atoms with Crippen molar-refractivity contribution in [2.45, 2.75) is 11.7 Å². The fourth-order valence-electron chi connectivity index (χ4n) is 3.53. The van der Waals surface area contributed by atoms with Crippen LogP contribution in [0.2, 0.25) is 0 Å². The standard InChI is InChI=1S/C15H12INO4/c16-8-1-3-9(4-2-8)17-13(19)11-10-5-6-15(7-18,21-10)12(11)14(17)20/h1-6,10-12,18H,7H2/t10-,11-,12+,15+/m0/s1. The largest absolute Gasteiger partial charge is 0.393 e. The molecule has 3 aliphatic heterocycles. The Morgan fingerprint density at radius 3 is 2.62 bits per heavy atom. The molecule has 1 aromatic carbocycles. The molecular formula is C15H12INO4. The number of hydrogen-bond donors (Lipinski definition) is 1. The molecule has 108 valence electrons. The van der Waals surface area contributed by atoms with Gasteiger partial charge in [-0.05, 0) is 46.9 Å². The molecule has 3 heterocycles. The van der Waals surface area contributed by atoms with Crippen LogP contribution in [0.15, 0.2) is 36.4 Å². The van der Waals surface area contributed by atoms with Crippen LogP contribution in [0.3, 0.4) is 0 Å². The molecule has 2 amide bonds. The SMILES string of the molecule is O=C1[C@H]2[C@@H]3C=C[C@](CO)(O3)[C@H]2C(=O)N1c1ccc(I)cc1. The van der Waals surface area contributed by atoms with Crippen molar-refractivity contribution in [3.8, 4) is 0 Å². The lowest BCUT2D eigenvalue weighted by molar-refractivity contribution is -0.128. The van der Waals surface area contributed by atoms with E-state index < -0.39 is 23.5 Å². The predicted octanol–water partition coefficient (Wildman–Crippen LogP) is 1.10. The Kier molecular flexibility index (Phi) is 2.79. The average molecular weight is 397 g/mol. The fraction of sp³-hybridized carbons (Fsp3) is 0.333. The second-order valence-electron chi connectivity index (χ2n) is 5.55. The van der Waals surface area contributed by atoms with Gasteiger partial charge in [-0.3, -0.25) is 9.59 Å². The number of nitrogens with zero attached hydrogens (tertiary/aromatic N) is 1. The van der Waals surface area contributed by atoms with Crippen LogP contribution in [0.4, 0.5) is 5.69 Å². The van der Waals surface area contributed by atoms with E-state index >= 15 is 0 Å². The van der Waals surface area contributed by atoms with Gasteiger partial charge in [0, 0.05) is 3.57 Å². The summed E-state index contributed by atoms with van der Waals surface area (Å²) in [4.78, 5) is 26.6. The fourth-order valence-corrected chi connectivity index (χ4v) is 3.89. The van der Waals surface area contributed by atoms with E-state index in [9.17, 15) is 14.7 Å². The molecule has 0 aliphatic carbocycles. The minimum atomic E-state index is -1.03. The molecule has 2 saturated heterocycles. The Balaban J connectivity index is 1.77. The minimum Gasteiger partial charge on any atom is -0.393 e. The van der Waals surface area contributed by atoms with E-state index in [1.165, 1.54) is 4.90 Å². The molecule has 1 N–H and O–H groups in total. The van der Waals surface area contributed by atoms with E-state index in [0.717, 1.165) is 3.57 Å². The molecule has 0 radical (unpaired) electrons. The van der Waals surface area contributed by atoms with Crippen LogP contribution in [0.25, 0.3) is 0 Å². The lowest BCUT2D eigenvalue weighted by atomic mass is 9.77. The van der Waals surface area contributed by atoms with Crippen molar-refractivity contribution in [3.63, 3.8) is 0 Å². The number of halogens is 1. The first-order valence-corrected chi connectivity index (χ1v) is 7.77. The summed E-state index contributed by atoms with van der Waals surface area (Å²) >= 11 is 2.17. The zero-order chi connectivity index (χ0) is 14.8. The molecule has 21 heavy (non-hydrogen) atoms. The van der Waals surface area contributed by atoms with Gasteiger partial charge in [-0.1, -0.05) is 12.2 Å². The quantitative estimate of drug-likeness (QED) is 0.461. The lowest BCUT2D eigenvalue weighted by Crippen LogP contribution is -2.43. The van der Waals surface area contributed by atoms with Crippen molar-refractivity contribution in [2.75, 3.05) is 11.5 Å². The number of carbonyl (C=O) groups excluding carboxylic acids is 2. The number of imide groups is 1. The predicted molar refractivity (Wildman–Crippen MR) is 82.5 cm³/mol. The first-order valence-electron chi connectivity index (χ1n) is 6.69. The highest BCUT2D eigenvalue weighted by Gasteiger charge is 2.67. The average Bonchev–Trinajstić information content (AvgIpc) is 3.12. The summed E-state index contributed by atoms with van der Waals surface area (Å²) in [5, 5.41) is 9.63. The molecule has 3 aliphatic rings. The van der Waals surface area contributed by atoms with Gasteiger partial charge in [-0.25, -0.2) is 4.90 Å². The maximum atomic E-state index is 12.7. The Hall–Kier alpha value is -1.25. The van der Waals surface area contributed by atoms with E-state index in [1.54, 1.807) is 24.3 Å². The Morgan fingerprint density at radius 2 is 1.95 bits per heavy atom. The molecular weight excluding hydrogens is 385 g/mol. The third-order valence-electron chi connectivity index (χ3n) is 4.49. The molecule has 2 fully saturated rings. The second-order valence-corrected chi connectivity index (χ2v) is 6.79. The van der Waals surface area contributed by atoms with Crippen molar-refractivity contribution < 1.29 is 19.4 Å². The van der Waals surface area contributed by atoms with Gasteiger partial charge in [0.2, 0.25) is 11.8 Å². The summed E-state index contributed by atoms with van der Waals surface area (Å²) < 4.78 is 6.72. The van der Waals surface area contributed by atoms with Gasteiger partial charge in [0.1, 0.15) is 5.60 Å². The molecule has 0 saturated carbocycles. The zero-order valence-electron chi connectivity index (χ0n) is 10.9. The number of aliphatic hydroxyl groups excluding tert-OH is 1. The van der Waals surface area contributed by atoms with Crippen LogP contribution in [-0.2, 0) is 14.3 Å². The third kappa shape index (κ3) is 1.63.